The molecule has 0 amide bonds. The highest BCUT2D eigenvalue weighted by molar-refractivity contribution is 6.51. The first-order valence-electron chi connectivity index (χ1n) is 4.75. The zero-order valence-electron chi connectivity index (χ0n) is 7.84. The Morgan fingerprint density at radius 2 is 2.23 bits per heavy atom. The minimum atomic E-state index is -0.485. The summed E-state index contributed by atoms with van der Waals surface area (Å²) in [6, 6.07) is 0. The van der Waals surface area contributed by atoms with Gasteiger partial charge in [-0.15, -0.1) is 23.2 Å². The molecule has 1 nitrogen and oxygen atoms in total. The number of rotatable bonds is 5. The van der Waals surface area contributed by atoms with E-state index < -0.39 is 4.33 Å². The molecule has 1 aliphatic carbocycles. The van der Waals surface area contributed by atoms with Gasteiger partial charge in [0.2, 0.25) is 0 Å². The molecule has 1 rings (SSSR count). The Kier molecular flexibility index (Phi) is 4.08. The lowest BCUT2D eigenvalue weighted by Gasteiger charge is -2.00. The number of halogens is 2. The van der Waals surface area contributed by atoms with Crippen molar-refractivity contribution in [1.29, 1.82) is 0 Å². The summed E-state index contributed by atoms with van der Waals surface area (Å²) in [7, 11) is 0. The molecule has 2 unspecified atom stereocenters. The van der Waals surface area contributed by atoms with Crippen LogP contribution in [0.3, 0.4) is 0 Å². The van der Waals surface area contributed by atoms with Crippen LogP contribution in [0.1, 0.15) is 32.6 Å². The second-order valence-corrected chi connectivity index (χ2v) is 5.32. The van der Waals surface area contributed by atoms with Crippen LogP contribution in [0.5, 0.6) is 0 Å². The van der Waals surface area contributed by atoms with Crippen molar-refractivity contribution in [2.75, 3.05) is 0 Å². The molecule has 13 heavy (non-hydrogen) atoms. The highest BCUT2D eigenvalue weighted by atomic mass is 35.5. The van der Waals surface area contributed by atoms with Crippen molar-refractivity contribution >= 4 is 23.2 Å². The monoisotopic (exact) mass is 222 g/mol. The molecule has 76 valence electrons. The quantitative estimate of drug-likeness (QED) is 0.430. The molecule has 2 atom stereocenters. The van der Waals surface area contributed by atoms with Gasteiger partial charge in [-0.1, -0.05) is 12.2 Å². The van der Waals surface area contributed by atoms with Gasteiger partial charge in [0.05, 0.1) is 6.10 Å². The number of unbranched alkanes of at least 4 members (excludes halogenated alkanes) is 1. The maximum atomic E-state index is 8.99. The second kappa shape index (κ2) is 4.68. The van der Waals surface area contributed by atoms with Gasteiger partial charge in [-0.2, -0.15) is 0 Å². The van der Waals surface area contributed by atoms with E-state index in [1.165, 1.54) is 0 Å². The first-order chi connectivity index (χ1) is 6.02. The summed E-state index contributed by atoms with van der Waals surface area (Å²) in [4.78, 5) is 0. The Hall–Kier alpha value is 0.280. The lowest BCUT2D eigenvalue weighted by molar-refractivity contribution is 0.182. The van der Waals surface area contributed by atoms with Crippen molar-refractivity contribution in [1.82, 2.24) is 0 Å². The summed E-state index contributed by atoms with van der Waals surface area (Å²) < 4.78 is -0.485. The smallest absolute Gasteiger partial charge is 0.125 e. The van der Waals surface area contributed by atoms with E-state index in [0.717, 1.165) is 25.7 Å². The number of hydrogen-bond donors (Lipinski definition) is 1. The van der Waals surface area contributed by atoms with Gasteiger partial charge in [0.15, 0.2) is 0 Å². The predicted molar refractivity (Wildman–Crippen MR) is 57.2 cm³/mol. The van der Waals surface area contributed by atoms with Gasteiger partial charge in [-0.3, -0.25) is 0 Å². The number of aliphatic hydroxyl groups is 1. The van der Waals surface area contributed by atoms with Crippen LogP contribution >= 0.6 is 23.2 Å². The molecule has 1 fully saturated rings. The first kappa shape index (κ1) is 11.4. The van der Waals surface area contributed by atoms with Crippen molar-refractivity contribution < 1.29 is 5.11 Å². The molecule has 0 aromatic carbocycles. The third-order valence-corrected chi connectivity index (χ3v) is 3.10. The maximum absolute atomic E-state index is 8.99. The highest BCUT2D eigenvalue weighted by Gasteiger charge is 2.49. The van der Waals surface area contributed by atoms with Gasteiger partial charge >= 0.3 is 0 Å². The summed E-state index contributed by atoms with van der Waals surface area (Å²) in [5.74, 6) is 0.349. The van der Waals surface area contributed by atoms with E-state index in [-0.39, 0.29) is 6.10 Å². The Labute approximate surface area is 89.7 Å². The Balaban J connectivity index is 2.00. The van der Waals surface area contributed by atoms with E-state index >= 15 is 0 Å². The van der Waals surface area contributed by atoms with Crippen molar-refractivity contribution in [3.63, 3.8) is 0 Å². The standard InChI is InChI=1S/C10H16Cl2O/c1-8(13)5-3-2-4-6-9-7-10(9,11)12/h4,6,8-9,13H,2-3,5,7H2,1H3/b6-4-. The Morgan fingerprint density at radius 1 is 1.62 bits per heavy atom. The van der Waals surface area contributed by atoms with Gasteiger partial charge in [0.1, 0.15) is 4.33 Å². The average Bonchev–Trinajstić information content (AvgIpc) is 2.58. The van der Waals surface area contributed by atoms with Crippen LogP contribution in [0.15, 0.2) is 12.2 Å². The molecule has 1 saturated carbocycles. The molecule has 3 heteroatoms. The van der Waals surface area contributed by atoms with Crippen LogP contribution in [0.2, 0.25) is 0 Å². The predicted octanol–water partition coefficient (Wildman–Crippen LogP) is 3.29. The third kappa shape index (κ3) is 4.35. The minimum absolute atomic E-state index is 0.186. The van der Waals surface area contributed by atoms with Gasteiger partial charge in [-0.25, -0.2) is 0 Å². The van der Waals surface area contributed by atoms with E-state index in [0.29, 0.717) is 5.92 Å². The van der Waals surface area contributed by atoms with Gasteiger partial charge in [0.25, 0.3) is 0 Å². The van der Waals surface area contributed by atoms with Crippen LogP contribution in [-0.2, 0) is 0 Å². The molecule has 0 saturated heterocycles. The topological polar surface area (TPSA) is 20.2 Å². The summed E-state index contributed by atoms with van der Waals surface area (Å²) in [5.41, 5.74) is 0. The third-order valence-electron chi connectivity index (χ3n) is 2.24. The Bertz CT molecular complexity index is 187. The van der Waals surface area contributed by atoms with Crippen molar-refractivity contribution in [2.45, 2.75) is 43.0 Å². The van der Waals surface area contributed by atoms with E-state index in [1.807, 2.05) is 6.92 Å². The summed E-state index contributed by atoms with van der Waals surface area (Å²) in [5, 5.41) is 8.99. The molecule has 0 bridgehead atoms. The molecule has 1 N–H and O–H groups in total. The first-order valence-corrected chi connectivity index (χ1v) is 5.50. The van der Waals surface area contributed by atoms with E-state index in [4.69, 9.17) is 28.3 Å². The van der Waals surface area contributed by atoms with Crippen LogP contribution in [0, 0.1) is 5.92 Å². The van der Waals surface area contributed by atoms with Crippen LogP contribution in [-0.4, -0.2) is 15.5 Å². The van der Waals surface area contributed by atoms with E-state index in [2.05, 4.69) is 12.2 Å². The van der Waals surface area contributed by atoms with Crippen molar-refractivity contribution in [3.8, 4) is 0 Å². The minimum Gasteiger partial charge on any atom is -0.393 e. The van der Waals surface area contributed by atoms with Crippen LogP contribution in [0.4, 0.5) is 0 Å². The fourth-order valence-electron chi connectivity index (χ4n) is 1.23. The maximum Gasteiger partial charge on any atom is 0.125 e. The number of alkyl halides is 2. The molecule has 1 aliphatic rings. The summed E-state index contributed by atoms with van der Waals surface area (Å²) >= 11 is 11.7. The molecule has 0 aromatic heterocycles. The lowest BCUT2D eigenvalue weighted by Crippen LogP contribution is -1.97. The molecule has 0 aliphatic heterocycles. The van der Waals surface area contributed by atoms with Gasteiger partial charge in [-0.05, 0) is 32.6 Å². The number of allylic oxidation sites excluding steroid dienone is 2. The summed E-state index contributed by atoms with van der Waals surface area (Å²) in [6.07, 6.45) is 7.78. The van der Waals surface area contributed by atoms with Gasteiger partial charge < -0.3 is 5.11 Å². The zero-order chi connectivity index (χ0) is 9.90. The van der Waals surface area contributed by atoms with Crippen LogP contribution in [0.25, 0.3) is 0 Å². The molecule has 0 spiro atoms. The SMILES string of the molecule is CC(O)CCC/C=C\C1CC1(Cl)Cl. The molecule has 0 radical (unpaired) electrons. The summed E-state index contributed by atoms with van der Waals surface area (Å²) in [6.45, 7) is 1.81. The average molecular weight is 223 g/mol. The molecule has 0 heterocycles. The van der Waals surface area contributed by atoms with E-state index in [1.54, 1.807) is 0 Å². The van der Waals surface area contributed by atoms with Crippen LogP contribution < -0.4 is 0 Å². The Morgan fingerprint density at radius 3 is 2.69 bits per heavy atom. The molecule has 0 aromatic rings. The number of hydrogen-bond acceptors (Lipinski definition) is 1. The normalized spacial score (nSPS) is 27.8. The second-order valence-electron chi connectivity index (χ2n) is 3.78. The molecular formula is C10H16Cl2O. The fourth-order valence-corrected chi connectivity index (χ4v) is 1.71. The van der Waals surface area contributed by atoms with Gasteiger partial charge in [0, 0.05) is 5.92 Å². The fraction of sp³-hybridized carbons (Fsp3) is 0.800. The molecular weight excluding hydrogens is 207 g/mol. The van der Waals surface area contributed by atoms with Crippen molar-refractivity contribution in [2.24, 2.45) is 5.92 Å². The zero-order valence-corrected chi connectivity index (χ0v) is 9.35. The largest absolute Gasteiger partial charge is 0.393 e. The van der Waals surface area contributed by atoms with E-state index in [9.17, 15) is 0 Å². The highest BCUT2D eigenvalue weighted by Crippen LogP contribution is 2.53. The number of aliphatic hydroxyl groups excluding tert-OH is 1. The lowest BCUT2D eigenvalue weighted by atomic mass is 10.1. The van der Waals surface area contributed by atoms with Crippen molar-refractivity contribution in [3.05, 3.63) is 12.2 Å².